The summed E-state index contributed by atoms with van der Waals surface area (Å²) in [4.78, 5) is 2.21. The van der Waals surface area contributed by atoms with Crippen LogP contribution in [0.3, 0.4) is 0 Å². The zero-order valence-corrected chi connectivity index (χ0v) is 5.54. The van der Waals surface area contributed by atoms with E-state index in [1.165, 1.54) is 6.42 Å². The van der Waals surface area contributed by atoms with Gasteiger partial charge >= 0.3 is 0 Å². The van der Waals surface area contributed by atoms with Gasteiger partial charge in [0, 0.05) is 6.04 Å². The molecule has 1 saturated heterocycles. The zero-order chi connectivity index (χ0) is 6.43. The second-order valence-corrected chi connectivity index (χ2v) is 3.11. The van der Waals surface area contributed by atoms with Crippen molar-refractivity contribution in [2.75, 3.05) is 7.05 Å². The lowest BCUT2D eigenvalue weighted by atomic mass is 10.2. The normalized spacial score (nSPS) is 48.2. The number of nitrogens with zero attached hydrogens (tertiary/aromatic N) is 2. The van der Waals surface area contributed by atoms with Crippen molar-refractivity contribution in [3.05, 3.63) is 0 Å². The lowest BCUT2D eigenvalue weighted by molar-refractivity contribution is 0.316. The van der Waals surface area contributed by atoms with Gasteiger partial charge in [-0.1, -0.05) is 0 Å². The van der Waals surface area contributed by atoms with Crippen LogP contribution >= 0.6 is 0 Å². The lowest BCUT2D eigenvalue weighted by Gasteiger charge is -2.14. The Bertz CT molecular complexity index is 170. The molecule has 2 fully saturated rings. The molecule has 0 aromatic carbocycles. The van der Waals surface area contributed by atoms with Crippen LogP contribution in [0, 0.1) is 17.2 Å². The van der Waals surface area contributed by atoms with Gasteiger partial charge in [-0.2, -0.15) is 5.26 Å². The fourth-order valence-corrected chi connectivity index (χ4v) is 1.81. The summed E-state index contributed by atoms with van der Waals surface area (Å²) < 4.78 is 0. The topological polar surface area (TPSA) is 27.0 Å². The molecule has 0 N–H and O–H groups in total. The van der Waals surface area contributed by atoms with Crippen LogP contribution in [0.15, 0.2) is 0 Å². The summed E-state index contributed by atoms with van der Waals surface area (Å²) >= 11 is 0. The number of likely N-dealkylation sites (tertiary alicyclic amines) is 1. The number of fused-ring (bicyclic) bond motifs is 1. The molecule has 2 heteroatoms. The molecule has 0 bridgehead atoms. The summed E-state index contributed by atoms with van der Waals surface area (Å²) in [5.41, 5.74) is 0. The van der Waals surface area contributed by atoms with Crippen molar-refractivity contribution < 1.29 is 0 Å². The largest absolute Gasteiger partial charge is 0.288 e. The van der Waals surface area contributed by atoms with E-state index < -0.39 is 0 Å². The summed E-state index contributed by atoms with van der Waals surface area (Å²) in [6, 6.07) is 3.30. The standard InChI is InChI=1S/C7H10N2/c1-9-6(4-8)2-5-3-7(5)9/h5-7H,2-3H2,1H3/t5-,6+,7+/m1/s1. The third-order valence-electron chi connectivity index (χ3n) is 2.58. The molecule has 3 atom stereocenters. The molecule has 2 aliphatic rings. The van der Waals surface area contributed by atoms with Crippen molar-refractivity contribution in [3.8, 4) is 6.07 Å². The van der Waals surface area contributed by atoms with Gasteiger partial charge in [0.15, 0.2) is 0 Å². The smallest absolute Gasteiger partial charge is 0.0981 e. The molecule has 2 rings (SSSR count). The Morgan fingerprint density at radius 2 is 2.33 bits per heavy atom. The van der Waals surface area contributed by atoms with Crippen LogP contribution in [0.5, 0.6) is 0 Å². The molecular formula is C7H10N2. The van der Waals surface area contributed by atoms with Crippen LogP contribution in [-0.2, 0) is 0 Å². The van der Waals surface area contributed by atoms with Crippen molar-refractivity contribution >= 4 is 0 Å². The summed E-state index contributed by atoms with van der Waals surface area (Å²) in [6.07, 6.45) is 2.46. The summed E-state index contributed by atoms with van der Waals surface area (Å²) in [5, 5.41) is 8.58. The van der Waals surface area contributed by atoms with Gasteiger partial charge in [0.2, 0.25) is 0 Å². The van der Waals surface area contributed by atoms with Crippen molar-refractivity contribution in [2.45, 2.75) is 24.9 Å². The van der Waals surface area contributed by atoms with Crippen molar-refractivity contribution in [2.24, 2.45) is 5.92 Å². The quantitative estimate of drug-likeness (QED) is 0.470. The molecule has 0 spiro atoms. The number of piperidine rings is 1. The molecule has 0 aromatic rings. The average Bonchev–Trinajstić information content (AvgIpc) is 2.55. The minimum Gasteiger partial charge on any atom is -0.288 e. The molecule has 1 heterocycles. The first-order valence-corrected chi connectivity index (χ1v) is 3.44. The third kappa shape index (κ3) is 0.585. The van der Waals surface area contributed by atoms with Crippen molar-refractivity contribution in [1.82, 2.24) is 4.90 Å². The van der Waals surface area contributed by atoms with E-state index in [-0.39, 0.29) is 6.04 Å². The third-order valence-corrected chi connectivity index (χ3v) is 2.58. The first-order valence-electron chi connectivity index (χ1n) is 3.44. The van der Waals surface area contributed by atoms with Crippen LogP contribution in [0.1, 0.15) is 12.8 Å². The fourth-order valence-electron chi connectivity index (χ4n) is 1.81. The molecule has 1 aliphatic carbocycles. The minimum atomic E-state index is 0.230. The lowest BCUT2D eigenvalue weighted by Crippen LogP contribution is -2.26. The predicted molar refractivity (Wildman–Crippen MR) is 33.7 cm³/mol. The molecule has 0 radical (unpaired) electrons. The van der Waals surface area contributed by atoms with Crippen LogP contribution < -0.4 is 0 Å². The van der Waals surface area contributed by atoms with Gasteiger partial charge in [-0.25, -0.2) is 0 Å². The molecule has 9 heavy (non-hydrogen) atoms. The van der Waals surface area contributed by atoms with E-state index in [4.69, 9.17) is 5.26 Å². The maximum atomic E-state index is 8.58. The van der Waals surface area contributed by atoms with Crippen molar-refractivity contribution in [1.29, 1.82) is 5.26 Å². The Hall–Kier alpha value is -0.550. The molecule has 0 aromatic heterocycles. The fraction of sp³-hybridized carbons (Fsp3) is 0.857. The number of hydrogen-bond acceptors (Lipinski definition) is 2. The summed E-state index contributed by atoms with van der Waals surface area (Å²) in [5.74, 6) is 0.875. The van der Waals surface area contributed by atoms with Gasteiger partial charge in [-0.15, -0.1) is 0 Å². The van der Waals surface area contributed by atoms with Crippen molar-refractivity contribution in [3.63, 3.8) is 0 Å². The highest BCUT2D eigenvalue weighted by molar-refractivity contribution is 5.10. The van der Waals surface area contributed by atoms with Crippen LogP contribution in [0.2, 0.25) is 0 Å². The first kappa shape index (κ1) is 5.25. The minimum absolute atomic E-state index is 0.230. The van der Waals surface area contributed by atoms with Gasteiger partial charge in [-0.3, -0.25) is 4.90 Å². The van der Waals surface area contributed by atoms with Crippen LogP contribution in [0.4, 0.5) is 0 Å². The van der Waals surface area contributed by atoms with E-state index >= 15 is 0 Å². The number of rotatable bonds is 0. The zero-order valence-electron chi connectivity index (χ0n) is 5.54. The van der Waals surface area contributed by atoms with Gasteiger partial charge in [-0.05, 0) is 25.8 Å². The molecule has 48 valence electrons. The van der Waals surface area contributed by atoms with Crippen LogP contribution in [0.25, 0.3) is 0 Å². The Balaban J connectivity index is 2.10. The van der Waals surface area contributed by atoms with E-state index in [0.717, 1.165) is 18.4 Å². The average molecular weight is 122 g/mol. The Morgan fingerprint density at radius 1 is 1.56 bits per heavy atom. The van der Waals surface area contributed by atoms with Gasteiger partial charge in [0.05, 0.1) is 12.1 Å². The van der Waals surface area contributed by atoms with E-state index in [9.17, 15) is 0 Å². The maximum absolute atomic E-state index is 8.58. The number of hydrogen-bond donors (Lipinski definition) is 0. The highest BCUT2D eigenvalue weighted by Crippen LogP contribution is 2.46. The maximum Gasteiger partial charge on any atom is 0.0981 e. The molecule has 0 amide bonds. The molecule has 0 unspecified atom stereocenters. The second kappa shape index (κ2) is 1.48. The monoisotopic (exact) mass is 122 g/mol. The van der Waals surface area contributed by atoms with Gasteiger partial charge in [0.1, 0.15) is 0 Å². The Labute approximate surface area is 55.1 Å². The van der Waals surface area contributed by atoms with E-state index in [2.05, 4.69) is 18.0 Å². The van der Waals surface area contributed by atoms with E-state index in [1.54, 1.807) is 0 Å². The molecule has 1 aliphatic heterocycles. The summed E-state index contributed by atoms with van der Waals surface area (Å²) in [7, 11) is 2.06. The summed E-state index contributed by atoms with van der Waals surface area (Å²) in [6.45, 7) is 0. The predicted octanol–water partition coefficient (Wildman–Crippen LogP) is 0.603. The highest BCUT2D eigenvalue weighted by atomic mass is 15.2. The first-order chi connectivity index (χ1) is 4.33. The SMILES string of the molecule is CN1[C@H](C#N)C[C@@H]2C[C@@H]21. The van der Waals surface area contributed by atoms with E-state index in [0.29, 0.717) is 0 Å². The Kier molecular flexibility index (Phi) is 0.866. The Morgan fingerprint density at radius 3 is 2.67 bits per heavy atom. The number of nitriles is 1. The van der Waals surface area contributed by atoms with Gasteiger partial charge < -0.3 is 0 Å². The van der Waals surface area contributed by atoms with Crippen LogP contribution in [-0.4, -0.2) is 24.0 Å². The highest BCUT2D eigenvalue weighted by Gasteiger charge is 2.50. The molecule has 2 nitrogen and oxygen atoms in total. The van der Waals surface area contributed by atoms with Gasteiger partial charge in [0.25, 0.3) is 0 Å². The molecule has 1 saturated carbocycles. The second-order valence-electron chi connectivity index (χ2n) is 3.11. The van der Waals surface area contributed by atoms with E-state index in [1.807, 2.05) is 0 Å². The molecular weight excluding hydrogens is 112 g/mol.